The number of carboxylic acid groups (broad SMARTS) is 2. The number of carbonyl (C=O) groups is 2. The van der Waals surface area contributed by atoms with Crippen molar-refractivity contribution < 1.29 is 24.5 Å². The lowest BCUT2D eigenvalue weighted by Crippen LogP contribution is -2.37. The van der Waals surface area contributed by atoms with Crippen molar-refractivity contribution in [2.45, 2.75) is 39.7 Å². The molecule has 0 atom stereocenters. The van der Waals surface area contributed by atoms with Gasteiger partial charge in [-0.05, 0) is 34.1 Å². The van der Waals surface area contributed by atoms with Crippen LogP contribution in [0.15, 0.2) is 0 Å². The first-order chi connectivity index (χ1) is 6.57. The smallest absolute Gasteiger partial charge is 0.329 e. The van der Waals surface area contributed by atoms with Crippen molar-refractivity contribution in [3.05, 3.63) is 0 Å². The molecule has 0 saturated heterocycles. The molecule has 0 rings (SSSR count). The molecule has 0 heterocycles. The summed E-state index contributed by atoms with van der Waals surface area (Å²) in [6.07, 6.45) is 0.253. The lowest BCUT2D eigenvalue weighted by Gasteiger charge is -2.31. The van der Waals surface area contributed by atoms with E-state index in [2.05, 4.69) is 0 Å². The molecule has 0 unspecified atom stereocenters. The normalized spacial score (nSPS) is 12.5. The highest BCUT2D eigenvalue weighted by Gasteiger charge is 2.35. The third-order valence-electron chi connectivity index (χ3n) is 2.03. The fourth-order valence-corrected chi connectivity index (χ4v) is 1.45. The monoisotopic (exact) mass is 218 g/mol. The van der Waals surface area contributed by atoms with Gasteiger partial charge in [0, 0.05) is 0 Å². The summed E-state index contributed by atoms with van der Waals surface area (Å²) in [4.78, 5) is 21.2. The highest BCUT2D eigenvalue weighted by atomic mass is 16.5. The zero-order valence-corrected chi connectivity index (χ0v) is 9.53. The van der Waals surface area contributed by atoms with Gasteiger partial charge in [0.1, 0.15) is 6.61 Å². The third kappa shape index (κ3) is 5.37. The molecule has 88 valence electrons. The van der Waals surface area contributed by atoms with Crippen molar-refractivity contribution in [3.8, 4) is 0 Å². The zero-order chi connectivity index (χ0) is 12.3. The summed E-state index contributed by atoms with van der Waals surface area (Å²) in [5, 5.41) is 17.4. The molecule has 0 aromatic heterocycles. The molecule has 0 aliphatic carbocycles. The van der Waals surface area contributed by atoms with Crippen LogP contribution in [-0.2, 0) is 14.3 Å². The molecule has 5 nitrogen and oxygen atoms in total. The quantitative estimate of drug-likeness (QED) is 0.703. The average Bonchev–Trinajstić information content (AvgIpc) is 1.99. The number of hydrogen-bond acceptors (Lipinski definition) is 3. The van der Waals surface area contributed by atoms with Crippen LogP contribution >= 0.6 is 0 Å². The maximum atomic E-state index is 10.9. The van der Waals surface area contributed by atoms with Crippen molar-refractivity contribution in [1.82, 2.24) is 0 Å². The molecule has 0 aliphatic rings. The topological polar surface area (TPSA) is 83.8 Å². The Morgan fingerprint density at radius 1 is 1.13 bits per heavy atom. The van der Waals surface area contributed by atoms with Crippen molar-refractivity contribution in [2.24, 2.45) is 5.41 Å². The van der Waals surface area contributed by atoms with Crippen LogP contribution in [0.1, 0.15) is 34.1 Å². The van der Waals surface area contributed by atoms with E-state index in [4.69, 9.17) is 14.9 Å². The minimum atomic E-state index is -1.06. The largest absolute Gasteiger partial charge is 0.481 e. The van der Waals surface area contributed by atoms with Crippen LogP contribution in [0.2, 0.25) is 0 Å². The maximum absolute atomic E-state index is 10.9. The molecule has 15 heavy (non-hydrogen) atoms. The molecule has 0 saturated carbocycles. The molecule has 0 aliphatic heterocycles. The zero-order valence-electron chi connectivity index (χ0n) is 9.53. The minimum absolute atomic E-state index is 0.253. The summed E-state index contributed by atoms with van der Waals surface area (Å²) in [6, 6.07) is 0. The molecule has 5 heteroatoms. The highest BCUT2D eigenvalue weighted by Crippen LogP contribution is 2.30. The SMILES string of the molecule is CC(C)(CC(C)(C)C(=O)O)OCC(=O)O. The van der Waals surface area contributed by atoms with Crippen LogP contribution in [0.4, 0.5) is 0 Å². The van der Waals surface area contributed by atoms with Crippen molar-refractivity contribution >= 4 is 11.9 Å². The van der Waals surface area contributed by atoms with Gasteiger partial charge in [0.15, 0.2) is 0 Å². The average molecular weight is 218 g/mol. The number of carboxylic acids is 2. The Morgan fingerprint density at radius 2 is 1.60 bits per heavy atom. The van der Waals surface area contributed by atoms with E-state index in [9.17, 15) is 9.59 Å². The van der Waals surface area contributed by atoms with Crippen molar-refractivity contribution in [2.75, 3.05) is 6.61 Å². The van der Waals surface area contributed by atoms with Gasteiger partial charge >= 0.3 is 11.9 Å². The summed E-state index contributed by atoms with van der Waals surface area (Å²) in [7, 11) is 0. The fourth-order valence-electron chi connectivity index (χ4n) is 1.45. The number of aliphatic carboxylic acids is 2. The van der Waals surface area contributed by atoms with E-state index in [1.165, 1.54) is 0 Å². The third-order valence-corrected chi connectivity index (χ3v) is 2.03. The molecular weight excluding hydrogens is 200 g/mol. The first-order valence-corrected chi connectivity index (χ1v) is 4.66. The highest BCUT2D eigenvalue weighted by molar-refractivity contribution is 5.73. The van der Waals surface area contributed by atoms with Crippen LogP contribution in [-0.4, -0.2) is 34.4 Å². The second-order valence-corrected chi connectivity index (χ2v) is 4.81. The van der Waals surface area contributed by atoms with Gasteiger partial charge in [-0.2, -0.15) is 0 Å². The Bertz CT molecular complexity index is 255. The van der Waals surface area contributed by atoms with Gasteiger partial charge in [0.25, 0.3) is 0 Å². The van der Waals surface area contributed by atoms with Gasteiger partial charge in [0.05, 0.1) is 11.0 Å². The second-order valence-electron chi connectivity index (χ2n) is 4.81. The summed E-state index contributed by atoms with van der Waals surface area (Å²) >= 11 is 0. The number of rotatable bonds is 6. The Labute approximate surface area is 89.0 Å². The minimum Gasteiger partial charge on any atom is -0.481 e. The molecule has 2 N–H and O–H groups in total. The predicted octanol–water partition coefficient (Wildman–Crippen LogP) is 1.37. The first-order valence-electron chi connectivity index (χ1n) is 4.66. The Kier molecular flexibility index (Phi) is 4.27. The van der Waals surface area contributed by atoms with E-state index >= 15 is 0 Å². The molecule has 0 radical (unpaired) electrons. The van der Waals surface area contributed by atoms with E-state index in [1.54, 1.807) is 27.7 Å². The van der Waals surface area contributed by atoms with E-state index < -0.39 is 29.6 Å². The van der Waals surface area contributed by atoms with Gasteiger partial charge in [0.2, 0.25) is 0 Å². The van der Waals surface area contributed by atoms with Crippen LogP contribution in [0.3, 0.4) is 0 Å². The number of ether oxygens (including phenoxy) is 1. The van der Waals surface area contributed by atoms with Gasteiger partial charge < -0.3 is 14.9 Å². The Balaban J connectivity index is 4.36. The standard InChI is InChI=1S/C10H18O5/c1-9(2,8(13)14)6-10(3,4)15-5-7(11)12/h5-6H2,1-4H3,(H,11,12)(H,13,14). The predicted molar refractivity (Wildman–Crippen MR) is 53.7 cm³/mol. The molecule has 0 amide bonds. The van der Waals surface area contributed by atoms with Crippen LogP contribution < -0.4 is 0 Å². The Morgan fingerprint density at radius 3 is 1.93 bits per heavy atom. The summed E-state index contributed by atoms with van der Waals surface area (Å²) in [5.74, 6) is -1.98. The summed E-state index contributed by atoms with van der Waals surface area (Å²) in [6.45, 7) is 6.12. The van der Waals surface area contributed by atoms with E-state index in [0.717, 1.165) is 0 Å². The van der Waals surface area contributed by atoms with Crippen LogP contribution in [0, 0.1) is 5.41 Å². The molecule has 0 aromatic carbocycles. The maximum Gasteiger partial charge on any atom is 0.329 e. The summed E-state index contributed by atoms with van der Waals surface area (Å²) in [5.41, 5.74) is -1.69. The second kappa shape index (κ2) is 4.61. The van der Waals surface area contributed by atoms with Gasteiger partial charge in [-0.25, -0.2) is 4.79 Å². The number of hydrogen-bond donors (Lipinski definition) is 2. The van der Waals surface area contributed by atoms with Crippen molar-refractivity contribution in [1.29, 1.82) is 0 Å². The Hall–Kier alpha value is -1.10. The molecule has 0 aromatic rings. The molecule has 0 fully saturated rings. The van der Waals surface area contributed by atoms with Crippen molar-refractivity contribution in [3.63, 3.8) is 0 Å². The fraction of sp³-hybridized carbons (Fsp3) is 0.800. The summed E-state index contributed by atoms with van der Waals surface area (Å²) < 4.78 is 5.11. The molecular formula is C10H18O5. The molecule has 0 bridgehead atoms. The lowest BCUT2D eigenvalue weighted by atomic mass is 9.82. The van der Waals surface area contributed by atoms with E-state index in [0.29, 0.717) is 0 Å². The van der Waals surface area contributed by atoms with Gasteiger partial charge in [-0.1, -0.05) is 0 Å². The van der Waals surface area contributed by atoms with E-state index in [-0.39, 0.29) is 6.42 Å². The van der Waals surface area contributed by atoms with Gasteiger partial charge in [-0.15, -0.1) is 0 Å². The van der Waals surface area contributed by atoms with Crippen LogP contribution in [0.25, 0.3) is 0 Å². The lowest BCUT2D eigenvalue weighted by molar-refractivity contribution is -0.156. The van der Waals surface area contributed by atoms with E-state index in [1.807, 2.05) is 0 Å². The van der Waals surface area contributed by atoms with Crippen LogP contribution in [0.5, 0.6) is 0 Å². The first kappa shape index (κ1) is 13.9. The van der Waals surface area contributed by atoms with Gasteiger partial charge in [-0.3, -0.25) is 4.79 Å². The molecule has 0 spiro atoms.